The van der Waals surface area contributed by atoms with Gasteiger partial charge in [0.05, 0.1) is 12.2 Å². The van der Waals surface area contributed by atoms with E-state index in [4.69, 9.17) is 0 Å². The smallest absolute Gasteiger partial charge is 0.272 e. The number of phenolic OH excluding ortho intramolecular Hbond substituents is 1. The molecule has 2 heterocycles. The Hall–Kier alpha value is -3.15. The summed E-state index contributed by atoms with van der Waals surface area (Å²) >= 11 is 0. The molecule has 3 aromatic rings. The lowest BCUT2D eigenvalue weighted by atomic mass is 9.55. The van der Waals surface area contributed by atoms with Crippen LogP contribution in [-0.2, 0) is 31.2 Å². The van der Waals surface area contributed by atoms with E-state index in [2.05, 4.69) is 40.4 Å². The van der Waals surface area contributed by atoms with Crippen molar-refractivity contribution in [1.82, 2.24) is 20.5 Å². The number of aryl methyl sites for hydroxylation is 2. The SMILES string of the molecule is CCc1cc2c(cc1O)CCC1C2CC[C@]2(C)c3[nH]nc(C(=O)NCc4ccccn4)c3CC12. The zero-order chi connectivity index (χ0) is 23.4. The molecule has 0 spiro atoms. The number of hydrogen-bond acceptors (Lipinski definition) is 4. The molecular formula is C28H32N4O2. The van der Waals surface area contributed by atoms with E-state index in [9.17, 15) is 9.90 Å². The summed E-state index contributed by atoms with van der Waals surface area (Å²) in [5.41, 5.74) is 7.53. The number of hydrogen-bond donors (Lipinski definition) is 3. The first-order valence-electron chi connectivity index (χ1n) is 12.6. The summed E-state index contributed by atoms with van der Waals surface area (Å²) in [6.45, 7) is 4.88. The van der Waals surface area contributed by atoms with Crippen LogP contribution in [0.25, 0.3) is 0 Å². The summed E-state index contributed by atoms with van der Waals surface area (Å²) in [6.07, 6.45) is 7.88. The normalized spacial score (nSPS) is 26.8. The number of phenols is 1. The molecule has 176 valence electrons. The van der Waals surface area contributed by atoms with E-state index in [0.29, 0.717) is 35.7 Å². The second-order valence-electron chi connectivity index (χ2n) is 10.5. The molecular weight excluding hydrogens is 424 g/mol. The molecule has 4 atom stereocenters. The molecule has 3 aliphatic carbocycles. The fraction of sp³-hybridized carbons (Fsp3) is 0.464. The Balaban J connectivity index is 1.27. The molecule has 6 rings (SSSR count). The summed E-state index contributed by atoms with van der Waals surface area (Å²) in [5.74, 6) is 1.95. The van der Waals surface area contributed by atoms with Crippen molar-refractivity contribution in [2.24, 2.45) is 11.8 Å². The topological polar surface area (TPSA) is 90.9 Å². The van der Waals surface area contributed by atoms with Crippen LogP contribution in [0.5, 0.6) is 5.75 Å². The molecule has 3 aliphatic rings. The van der Waals surface area contributed by atoms with Gasteiger partial charge in [0.2, 0.25) is 0 Å². The largest absolute Gasteiger partial charge is 0.508 e. The molecule has 34 heavy (non-hydrogen) atoms. The average molecular weight is 457 g/mol. The lowest BCUT2D eigenvalue weighted by Crippen LogP contribution is -2.43. The van der Waals surface area contributed by atoms with Crippen LogP contribution in [0.2, 0.25) is 0 Å². The number of carbonyl (C=O) groups is 1. The Morgan fingerprint density at radius 1 is 1.29 bits per heavy atom. The van der Waals surface area contributed by atoms with Crippen molar-refractivity contribution in [2.75, 3.05) is 0 Å². The van der Waals surface area contributed by atoms with E-state index < -0.39 is 0 Å². The van der Waals surface area contributed by atoms with E-state index in [-0.39, 0.29) is 11.3 Å². The maximum atomic E-state index is 13.1. The highest BCUT2D eigenvalue weighted by atomic mass is 16.3. The predicted octanol–water partition coefficient (Wildman–Crippen LogP) is 4.57. The number of nitrogens with zero attached hydrogens (tertiary/aromatic N) is 2. The minimum absolute atomic E-state index is 0.0328. The molecule has 1 aromatic carbocycles. The molecule has 0 saturated heterocycles. The number of rotatable bonds is 4. The molecule has 1 amide bonds. The first-order valence-corrected chi connectivity index (χ1v) is 12.6. The Morgan fingerprint density at radius 2 is 2.18 bits per heavy atom. The summed E-state index contributed by atoms with van der Waals surface area (Å²) in [7, 11) is 0. The van der Waals surface area contributed by atoms with Gasteiger partial charge < -0.3 is 10.4 Å². The Morgan fingerprint density at radius 3 is 2.97 bits per heavy atom. The number of aromatic hydroxyl groups is 1. The molecule has 1 saturated carbocycles. The minimum atomic E-state index is -0.126. The second-order valence-corrected chi connectivity index (χ2v) is 10.5. The molecule has 0 radical (unpaired) electrons. The summed E-state index contributed by atoms with van der Waals surface area (Å²) in [6, 6.07) is 10.0. The van der Waals surface area contributed by atoms with Crippen LogP contribution in [0, 0.1) is 11.8 Å². The maximum Gasteiger partial charge on any atom is 0.272 e. The van der Waals surface area contributed by atoms with E-state index in [0.717, 1.165) is 55.3 Å². The standard InChI is InChI=1S/C28H32N4O2/c1-3-16-12-21-17(13-24(16)33)7-8-20-19(21)9-10-28(2)23(20)14-22-25(31-32-26(22)28)27(34)30-15-18-6-4-5-11-29-18/h4-6,11-13,19-20,23,33H,3,7-10,14-15H2,1-2H3,(H,30,34)(H,31,32)/t19?,20?,23?,28-/m0/s1. The average Bonchev–Trinajstić information content (AvgIpc) is 3.40. The van der Waals surface area contributed by atoms with Crippen molar-refractivity contribution in [3.8, 4) is 5.75 Å². The molecule has 1 fully saturated rings. The van der Waals surface area contributed by atoms with Gasteiger partial charge in [0.25, 0.3) is 5.91 Å². The molecule has 3 N–H and O–H groups in total. The maximum absolute atomic E-state index is 13.1. The molecule has 3 unspecified atom stereocenters. The van der Waals surface area contributed by atoms with Gasteiger partial charge in [-0.2, -0.15) is 5.10 Å². The van der Waals surface area contributed by atoms with Crippen molar-refractivity contribution >= 4 is 5.91 Å². The van der Waals surface area contributed by atoms with Crippen LogP contribution >= 0.6 is 0 Å². The van der Waals surface area contributed by atoms with Gasteiger partial charge in [-0.15, -0.1) is 0 Å². The first-order chi connectivity index (χ1) is 16.5. The number of nitrogens with one attached hydrogen (secondary N) is 2. The van der Waals surface area contributed by atoms with Crippen molar-refractivity contribution in [1.29, 1.82) is 0 Å². The summed E-state index contributed by atoms with van der Waals surface area (Å²) in [5, 5.41) is 21.2. The number of aromatic nitrogens is 3. The molecule has 6 nitrogen and oxygen atoms in total. The zero-order valence-corrected chi connectivity index (χ0v) is 19.9. The monoisotopic (exact) mass is 456 g/mol. The van der Waals surface area contributed by atoms with Gasteiger partial charge >= 0.3 is 0 Å². The summed E-state index contributed by atoms with van der Waals surface area (Å²) < 4.78 is 0. The lowest BCUT2D eigenvalue weighted by Gasteiger charge is -2.49. The van der Waals surface area contributed by atoms with Gasteiger partial charge in [0.15, 0.2) is 5.69 Å². The van der Waals surface area contributed by atoms with Crippen molar-refractivity contribution in [3.63, 3.8) is 0 Å². The lowest BCUT2D eigenvalue weighted by molar-refractivity contribution is 0.0937. The van der Waals surface area contributed by atoms with Gasteiger partial charge in [0.1, 0.15) is 5.75 Å². The predicted molar refractivity (Wildman–Crippen MR) is 130 cm³/mol. The molecule has 0 aliphatic heterocycles. The Labute approximate surface area is 200 Å². The van der Waals surface area contributed by atoms with E-state index in [1.807, 2.05) is 24.3 Å². The number of aromatic amines is 1. The van der Waals surface area contributed by atoms with E-state index in [1.165, 1.54) is 16.8 Å². The fourth-order valence-corrected chi connectivity index (χ4v) is 7.15. The van der Waals surface area contributed by atoms with Crippen molar-refractivity contribution in [3.05, 3.63) is 75.9 Å². The molecule has 2 aromatic heterocycles. The summed E-state index contributed by atoms with van der Waals surface area (Å²) in [4.78, 5) is 17.3. The third kappa shape index (κ3) is 3.18. The number of H-pyrrole nitrogens is 1. The highest BCUT2D eigenvalue weighted by molar-refractivity contribution is 5.94. The number of pyridine rings is 1. The highest BCUT2D eigenvalue weighted by Crippen LogP contribution is 2.60. The van der Waals surface area contributed by atoms with Crippen LogP contribution in [-0.4, -0.2) is 26.2 Å². The zero-order valence-electron chi connectivity index (χ0n) is 19.9. The van der Waals surface area contributed by atoms with Crippen LogP contribution in [0.1, 0.15) is 83.2 Å². The van der Waals surface area contributed by atoms with Crippen LogP contribution in [0.15, 0.2) is 36.5 Å². The van der Waals surface area contributed by atoms with Gasteiger partial charge in [-0.05, 0) is 91.2 Å². The number of carbonyl (C=O) groups excluding carboxylic acids is 1. The van der Waals surface area contributed by atoms with E-state index >= 15 is 0 Å². The second kappa shape index (κ2) is 7.97. The highest BCUT2D eigenvalue weighted by Gasteiger charge is 2.54. The third-order valence-electron chi connectivity index (χ3n) is 8.93. The van der Waals surface area contributed by atoms with Crippen molar-refractivity contribution in [2.45, 2.75) is 70.3 Å². The van der Waals surface area contributed by atoms with Crippen LogP contribution in [0.3, 0.4) is 0 Å². The fourth-order valence-electron chi connectivity index (χ4n) is 7.15. The molecule has 0 bridgehead atoms. The van der Waals surface area contributed by atoms with Gasteiger partial charge in [-0.25, -0.2) is 0 Å². The van der Waals surface area contributed by atoms with E-state index in [1.54, 1.807) is 6.20 Å². The quantitative estimate of drug-likeness (QED) is 0.536. The number of amides is 1. The first kappa shape index (κ1) is 21.4. The Bertz CT molecular complexity index is 1250. The van der Waals surface area contributed by atoms with Crippen molar-refractivity contribution < 1.29 is 9.90 Å². The van der Waals surface area contributed by atoms with Gasteiger partial charge in [-0.3, -0.25) is 14.9 Å². The van der Waals surface area contributed by atoms with Gasteiger partial charge in [-0.1, -0.05) is 26.0 Å². The van der Waals surface area contributed by atoms with Gasteiger partial charge in [0, 0.05) is 22.9 Å². The Kier molecular flexibility index (Phi) is 5.01. The number of benzene rings is 1. The van der Waals surface area contributed by atoms with Crippen LogP contribution < -0.4 is 5.32 Å². The minimum Gasteiger partial charge on any atom is -0.508 e. The molecule has 6 heteroatoms. The van der Waals surface area contributed by atoms with Crippen LogP contribution in [0.4, 0.5) is 0 Å². The number of fused-ring (bicyclic) bond motifs is 7. The third-order valence-corrected chi connectivity index (χ3v) is 8.93.